The topological polar surface area (TPSA) is 102 Å². The van der Waals surface area contributed by atoms with E-state index in [2.05, 4.69) is 20.8 Å². The Morgan fingerprint density at radius 1 is 1.24 bits per heavy atom. The van der Waals surface area contributed by atoms with Gasteiger partial charge in [0.25, 0.3) is 0 Å². The van der Waals surface area contributed by atoms with Crippen molar-refractivity contribution >= 4 is 11.9 Å². The van der Waals surface area contributed by atoms with Crippen LogP contribution in [0.25, 0.3) is 11.3 Å². The van der Waals surface area contributed by atoms with Gasteiger partial charge in [0.05, 0.1) is 17.0 Å². The number of carbonyl (C=O) groups is 1. The van der Waals surface area contributed by atoms with Crippen LogP contribution >= 0.6 is 0 Å². The second-order valence-electron chi connectivity index (χ2n) is 8.20. The molecule has 29 heavy (non-hydrogen) atoms. The summed E-state index contributed by atoms with van der Waals surface area (Å²) in [5.74, 6) is 2.23. The van der Waals surface area contributed by atoms with Crippen LogP contribution in [0.2, 0.25) is 0 Å². The lowest BCUT2D eigenvalue weighted by molar-refractivity contribution is -0.124. The van der Waals surface area contributed by atoms with Gasteiger partial charge in [0.1, 0.15) is 6.61 Å². The fourth-order valence-corrected chi connectivity index (χ4v) is 3.95. The standard InChI is InChI=1S/C21H29N5O3/c1-13-9-18(29-26-13)17-11-23-21(24-16-7-8-16)25-20(17)15-5-3-14(4-6-15)10-22-19(27)12-28-2/h9,11,14-16H,3-8,10,12H2,1-2H3,(H,22,27)(H,23,24,25). The average molecular weight is 399 g/mol. The van der Waals surface area contributed by atoms with Gasteiger partial charge in [-0.05, 0) is 51.4 Å². The Bertz CT molecular complexity index is 841. The van der Waals surface area contributed by atoms with Gasteiger partial charge in [-0.25, -0.2) is 9.97 Å². The van der Waals surface area contributed by atoms with E-state index in [0.717, 1.165) is 48.4 Å². The van der Waals surface area contributed by atoms with Crippen molar-refractivity contribution in [1.29, 1.82) is 0 Å². The normalized spacial score (nSPS) is 21.7. The highest BCUT2D eigenvalue weighted by Crippen LogP contribution is 2.39. The minimum atomic E-state index is -0.0517. The molecule has 0 atom stereocenters. The summed E-state index contributed by atoms with van der Waals surface area (Å²) in [4.78, 5) is 21.0. The third kappa shape index (κ3) is 5.12. The van der Waals surface area contributed by atoms with Crippen molar-refractivity contribution in [3.05, 3.63) is 23.7 Å². The van der Waals surface area contributed by atoms with Crippen molar-refractivity contribution in [3.8, 4) is 11.3 Å². The van der Waals surface area contributed by atoms with Crippen molar-refractivity contribution in [2.75, 3.05) is 25.6 Å². The minimum absolute atomic E-state index is 0.0517. The molecule has 4 rings (SSSR count). The average Bonchev–Trinajstić information content (AvgIpc) is 3.44. The predicted octanol–water partition coefficient (Wildman–Crippen LogP) is 3.05. The summed E-state index contributed by atoms with van der Waals surface area (Å²) in [6.45, 7) is 2.74. The van der Waals surface area contributed by atoms with E-state index < -0.39 is 0 Å². The van der Waals surface area contributed by atoms with Crippen molar-refractivity contribution < 1.29 is 14.1 Å². The number of nitrogens with one attached hydrogen (secondary N) is 2. The van der Waals surface area contributed by atoms with Crippen LogP contribution < -0.4 is 10.6 Å². The Hall–Kier alpha value is -2.48. The lowest BCUT2D eigenvalue weighted by Gasteiger charge is -2.29. The number of nitrogens with zero attached hydrogens (tertiary/aromatic N) is 3. The number of anilines is 1. The van der Waals surface area contributed by atoms with Gasteiger partial charge >= 0.3 is 0 Å². The number of amides is 1. The number of aryl methyl sites for hydroxylation is 1. The van der Waals surface area contributed by atoms with E-state index in [9.17, 15) is 4.79 Å². The molecule has 2 fully saturated rings. The third-order valence-electron chi connectivity index (χ3n) is 5.72. The molecule has 0 bridgehead atoms. The predicted molar refractivity (Wildman–Crippen MR) is 108 cm³/mol. The van der Waals surface area contributed by atoms with E-state index in [1.165, 1.54) is 20.0 Å². The van der Waals surface area contributed by atoms with Gasteiger partial charge in [-0.1, -0.05) is 5.16 Å². The molecule has 2 heterocycles. The largest absolute Gasteiger partial charge is 0.375 e. The number of rotatable bonds is 8. The van der Waals surface area contributed by atoms with Crippen LogP contribution in [0.4, 0.5) is 5.95 Å². The first-order chi connectivity index (χ1) is 14.1. The zero-order valence-corrected chi connectivity index (χ0v) is 17.1. The Kier molecular flexibility index (Phi) is 6.08. The maximum absolute atomic E-state index is 11.6. The van der Waals surface area contributed by atoms with E-state index in [1.54, 1.807) is 0 Å². The molecule has 0 aliphatic heterocycles. The van der Waals surface area contributed by atoms with Gasteiger partial charge < -0.3 is 19.9 Å². The highest BCUT2D eigenvalue weighted by Gasteiger charge is 2.28. The number of carbonyl (C=O) groups excluding carboxylic acids is 1. The van der Waals surface area contributed by atoms with Crippen molar-refractivity contribution in [2.24, 2.45) is 5.92 Å². The highest BCUT2D eigenvalue weighted by molar-refractivity contribution is 5.77. The van der Waals surface area contributed by atoms with E-state index in [4.69, 9.17) is 14.2 Å². The molecule has 2 aromatic rings. The first kappa shape index (κ1) is 19.8. The van der Waals surface area contributed by atoms with Crippen molar-refractivity contribution in [3.63, 3.8) is 0 Å². The summed E-state index contributed by atoms with van der Waals surface area (Å²) in [6.07, 6.45) is 8.41. The van der Waals surface area contributed by atoms with E-state index in [0.29, 0.717) is 30.4 Å². The molecule has 2 aromatic heterocycles. The van der Waals surface area contributed by atoms with Crippen LogP contribution in [-0.4, -0.2) is 47.3 Å². The zero-order valence-electron chi connectivity index (χ0n) is 17.1. The number of aromatic nitrogens is 3. The molecule has 156 valence electrons. The fraction of sp³-hybridized carbons (Fsp3) is 0.619. The lowest BCUT2D eigenvalue weighted by Crippen LogP contribution is -2.33. The summed E-state index contributed by atoms with van der Waals surface area (Å²) < 4.78 is 10.4. The van der Waals surface area contributed by atoms with Gasteiger partial charge in [0.2, 0.25) is 11.9 Å². The van der Waals surface area contributed by atoms with Crippen LogP contribution in [0.15, 0.2) is 16.8 Å². The fourth-order valence-electron chi connectivity index (χ4n) is 3.95. The number of methoxy groups -OCH3 is 1. The van der Waals surface area contributed by atoms with Crippen LogP contribution in [0.3, 0.4) is 0 Å². The van der Waals surface area contributed by atoms with Crippen LogP contribution in [0.1, 0.15) is 55.8 Å². The molecule has 0 saturated heterocycles. The number of hydrogen-bond donors (Lipinski definition) is 2. The molecule has 2 saturated carbocycles. The van der Waals surface area contributed by atoms with Crippen LogP contribution in [0.5, 0.6) is 0 Å². The van der Waals surface area contributed by atoms with Gasteiger partial charge in [-0.15, -0.1) is 0 Å². The number of ether oxygens (including phenoxy) is 1. The molecule has 1 amide bonds. The second-order valence-corrected chi connectivity index (χ2v) is 8.20. The Morgan fingerprint density at radius 3 is 2.69 bits per heavy atom. The highest BCUT2D eigenvalue weighted by atomic mass is 16.5. The van der Waals surface area contributed by atoms with Crippen molar-refractivity contribution in [2.45, 2.75) is 57.4 Å². The zero-order chi connectivity index (χ0) is 20.2. The van der Waals surface area contributed by atoms with Crippen LogP contribution in [-0.2, 0) is 9.53 Å². The van der Waals surface area contributed by atoms with Crippen molar-refractivity contribution in [1.82, 2.24) is 20.4 Å². The van der Waals surface area contributed by atoms with Gasteiger partial charge in [0.15, 0.2) is 5.76 Å². The first-order valence-electron chi connectivity index (χ1n) is 10.4. The molecule has 0 unspecified atom stereocenters. The maximum atomic E-state index is 11.6. The molecule has 2 N–H and O–H groups in total. The molecular weight excluding hydrogens is 370 g/mol. The van der Waals surface area contributed by atoms with Gasteiger partial charge in [0, 0.05) is 37.9 Å². The summed E-state index contributed by atoms with van der Waals surface area (Å²) in [6, 6.07) is 2.44. The molecule has 2 aliphatic carbocycles. The van der Waals surface area contributed by atoms with Gasteiger partial charge in [-0.3, -0.25) is 4.79 Å². The summed E-state index contributed by atoms with van der Waals surface area (Å²) >= 11 is 0. The molecular formula is C21H29N5O3. The molecule has 0 spiro atoms. The molecule has 0 aromatic carbocycles. The lowest BCUT2D eigenvalue weighted by atomic mass is 9.79. The van der Waals surface area contributed by atoms with E-state index in [1.807, 2.05) is 19.2 Å². The maximum Gasteiger partial charge on any atom is 0.245 e. The smallest absolute Gasteiger partial charge is 0.245 e. The Morgan fingerprint density at radius 2 is 2.03 bits per heavy atom. The minimum Gasteiger partial charge on any atom is -0.375 e. The summed E-state index contributed by atoms with van der Waals surface area (Å²) in [7, 11) is 1.53. The van der Waals surface area contributed by atoms with Crippen LogP contribution in [0, 0.1) is 12.8 Å². The SMILES string of the molecule is COCC(=O)NCC1CCC(c2nc(NC3CC3)ncc2-c2cc(C)no2)CC1. The Labute approximate surface area is 170 Å². The van der Waals surface area contributed by atoms with E-state index in [-0.39, 0.29) is 12.5 Å². The van der Waals surface area contributed by atoms with E-state index >= 15 is 0 Å². The molecule has 8 nitrogen and oxygen atoms in total. The number of hydrogen-bond acceptors (Lipinski definition) is 7. The monoisotopic (exact) mass is 399 g/mol. The Balaban J connectivity index is 1.45. The summed E-state index contributed by atoms with van der Waals surface area (Å²) in [5, 5.41) is 10.4. The second kappa shape index (κ2) is 8.90. The molecule has 2 aliphatic rings. The first-order valence-corrected chi connectivity index (χ1v) is 10.4. The van der Waals surface area contributed by atoms with Gasteiger partial charge in [-0.2, -0.15) is 0 Å². The molecule has 0 radical (unpaired) electrons. The third-order valence-corrected chi connectivity index (χ3v) is 5.72. The molecule has 8 heteroatoms. The summed E-state index contributed by atoms with van der Waals surface area (Å²) in [5.41, 5.74) is 2.83. The quantitative estimate of drug-likeness (QED) is 0.703.